The molecular weight excluding hydrogens is 366 g/mol. The van der Waals surface area contributed by atoms with E-state index in [0.717, 1.165) is 18.7 Å². The third-order valence-electron chi connectivity index (χ3n) is 6.06. The molecule has 3 heterocycles. The van der Waals surface area contributed by atoms with E-state index in [-0.39, 0.29) is 36.3 Å². The Bertz CT molecular complexity index is 1050. The van der Waals surface area contributed by atoms with Crippen LogP contribution in [0.5, 0.6) is 0 Å². The monoisotopic (exact) mass is 386 g/mol. The van der Waals surface area contributed by atoms with Crippen molar-refractivity contribution < 1.29 is 8.78 Å². The Balaban J connectivity index is 1.49. The Morgan fingerprint density at radius 3 is 2.46 bits per heavy atom. The van der Waals surface area contributed by atoms with Gasteiger partial charge in [-0.1, -0.05) is 0 Å². The van der Waals surface area contributed by atoms with Gasteiger partial charge < -0.3 is 4.98 Å². The van der Waals surface area contributed by atoms with Gasteiger partial charge in [0.05, 0.1) is 12.2 Å². The molecule has 2 aliphatic rings. The molecule has 0 saturated heterocycles. The number of hydrogen-bond donors (Lipinski definition) is 1. The number of nitrogens with zero attached hydrogens (tertiary/aromatic N) is 5. The first-order chi connectivity index (χ1) is 13.5. The van der Waals surface area contributed by atoms with E-state index in [2.05, 4.69) is 20.1 Å². The van der Waals surface area contributed by atoms with Crippen LogP contribution < -0.4 is 5.56 Å². The van der Waals surface area contributed by atoms with Crippen molar-refractivity contribution in [1.82, 2.24) is 29.7 Å². The van der Waals surface area contributed by atoms with Gasteiger partial charge in [0, 0.05) is 37.1 Å². The molecule has 1 N–H and O–H groups in total. The highest BCUT2D eigenvalue weighted by Gasteiger charge is 2.39. The van der Waals surface area contributed by atoms with Crippen molar-refractivity contribution in [2.24, 2.45) is 0 Å². The van der Waals surface area contributed by atoms with Crippen LogP contribution in [0.2, 0.25) is 0 Å². The lowest BCUT2D eigenvalue weighted by atomic mass is 9.72. The fourth-order valence-electron chi connectivity index (χ4n) is 4.30. The minimum atomic E-state index is -2.61. The average Bonchev–Trinajstić information content (AvgIpc) is 3.06. The zero-order chi connectivity index (χ0) is 19.3. The van der Waals surface area contributed by atoms with Gasteiger partial charge in [0.15, 0.2) is 5.65 Å². The minimum Gasteiger partial charge on any atom is -0.310 e. The second kappa shape index (κ2) is 6.42. The third kappa shape index (κ3) is 2.89. The van der Waals surface area contributed by atoms with Gasteiger partial charge in [-0.3, -0.25) is 4.79 Å². The molecule has 7 nitrogen and oxygen atoms in total. The first-order valence-electron chi connectivity index (χ1n) is 9.64. The molecule has 28 heavy (non-hydrogen) atoms. The maximum absolute atomic E-state index is 13.5. The van der Waals surface area contributed by atoms with E-state index in [4.69, 9.17) is 4.98 Å². The molecule has 3 aromatic rings. The Hall–Kier alpha value is -2.71. The van der Waals surface area contributed by atoms with Crippen LogP contribution in [0.25, 0.3) is 11.0 Å². The largest absolute Gasteiger partial charge is 0.310 e. The van der Waals surface area contributed by atoms with E-state index in [1.807, 2.05) is 0 Å². The van der Waals surface area contributed by atoms with Gasteiger partial charge in [-0.2, -0.15) is 5.10 Å². The van der Waals surface area contributed by atoms with Gasteiger partial charge in [0.1, 0.15) is 17.0 Å². The molecule has 3 aromatic heterocycles. The second-order valence-electron chi connectivity index (χ2n) is 7.76. The van der Waals surface area contributed by atoms with E-state index in [0.29, 0.717) is 29.7 Å². The lowest BCUT2D eigenvalue weighted by molar-refractivity contribution is -0.0446. The molecule has 0 aromatic carbocycles. The number of fused-ring (bicyclic) bond motifs is 1. The highest BCUT2D eigenvalue weighted by Crippen LogP contribution is 2.46. The number of hydrogen-bond acceptors (Lipinski definition) is 5. The molecule has 0 spiro atoms. The molecule has 9 heteroatoms. The third-order valence-corrected chi connectivity index (χ3v) is 6.06. The SMILES string of the molecule is O=c1[nH]c([C@@H]2CC[C@@H]2c2ncccn2)nc2c1cnn2C1CCC(F)(F)CC1. The second-order valence-corrected chi connectivity index (χ2v) is 7.76. The van der Waals surface area contributed by atoms with Crippen LogP contribution in [0, 0.1) is 0 Å². The molecule has 0 aliphatic heterocycles. The summed E-state index contributed by atoms with van der Waals surface area (Å²) in [6.45, 7) is 0. The lowest BCUT2D eigenvalue weighted by Crippen LogP contribution is -2.29. The summed E-state index contributed by atoms with van der Waals surface area (Å²) in [7, 11) is 0. The van der Waals surface area contributed by atoms with Gasteiger partial charge in [-0.15, -0.1) is 0 Å². The predicted octanol–water partition coefficient (Wildman–Crippen LogP) is 3.32. The van der Waals surface area contributed by atoms with Crippen molar-refractivity contribution in [3.8, 4) is 0 Å². The Morgan fingerprint density at radius 2 is 1.79 bits per heavy atom. The van der Waals surface area contributed by atoms with Crippen LogP contribution in [0.3, 0.4) is 0 Å². The maximum Gasteiger partial charge on any atom is 0.262 e. The molecule has 2 aliphatic carbocycles. The fraction of sp³-hybridized carbons (Fsp3) is 0.526. The van der Waals surface area contributed by atoms with Crippen molar-refractivity contribution in [3.63, 3.8) is 0 Å². The number of aromatic amines is 1. The molecule has 2 fully saturated rings. The highest BCUT2D eigenvalue weighted by molar-refractivity contribution is 5.73. The molecule has 5 rings (SSSR count). The molecule has 2 saturated carbocycles. The number of rotatable bonds is 3. The van der Waals surface area contributed by atoms with Gasteiger partial charge in [-0.05, 0) is 31.7 Å². The number of halogens is 2. The summed E-state index contributed by atoms with van der Waals surface area (Å²) >= 11 is 0. The topological polar surface area (TPSA) is 89.3 Å². The number of alkyl halides is 2. The van der Waals surface area contributed by atoms with Crippen LogP contribution >= 0.6 is 0 Å². The quantitative estimate of drug-likeness (QED) is 0.746. The van der Waals surface area contributed by atoms with E-state index < -0.39 is 5.92 Å². The molecular formula is C19H20F2N6O. The Labute approximate surface area is 159 Å². The minimum absolute atomic E-state index is 0.0403. The molecule has 0 amide bonds. The van der Waals surface area contributed by atoms with Crippen molar-refractivity contribution in [2.75, 3.05) is 0 Å². The summed E-state index contributed by atoms with van der Waals surface area (Å²) in [6, 6.07) is 1.62. The first-order valence-corrected chi connectivity index (χ1v) is 9.64. The molecule has 0 radical (unpaired) electrons. The number of H-pyrrole nitrogens is 1. The summed E-state index contributed by atoms with van der Waals surface area (Å²) < 4.78 is 28.7. The van der Waals surface area contributed by atoms with Crippen molar-refractivity contribution >= 4 is 11.0 Å². The normalized spacial score (nSPS) is 24.9. The summed E-state index contributed by atoms with van der Waals surface area (Å²) in [4.78, 5) is 28.9. The van der Waals surface area contributed by atoms with Gasteiger partial charge >= 0.3 is 0 Å². The maximum atomic E-state index is 13.5. The van der Waals surface area contributed by atoms with E-state index >= 15 is 0 Å². The average molecular weight is 386 g/mol. The van der Waals surface area contributed by atoms with Gasteiger partial charge in [0.25, 0.3) is 5.56 Å². The van der Waals surface area contributed by atoms with Crippen molar-refractivity contribution in [3.05, 3.63) is 46.7 Å². The summed E-state index contributed by atoms with van der Waals surface area (Å²) in [5, 5.41) is 4.71. The van der Waals surface area contributed by atoms with Crippen LogP contribution in [0.4, 0.5) is 8.78 Å². The first kappa shape index (κ1) is 17.4. The Kier molecular flexibility index (Phi) is 3.99. The zero-order valence-corrected chi connectivity index (χ0v) is 15.2. The smallest absolute Gasteiger partial charge is 0.262 e. The number of aromatic nitrogens is 6. The van der Waals surface area contributed by atoms with Crippen LogP contribution in [0.1, 0.15) is 68.1 Å². The number of nitrogens with one attached hydrogen (secondary N) is 1. The highest BCUT2D eigenvalue weighted by atomic mass is 19.3. The lowest BCUT2D eigenvalue weighted by Gasteiger charge is -2.34. The fourth-order valence-corrected chi connectivity index (χ4v) is 4.30. The standard InChI is InChI=1S/C19H20F2N6O/c20-19(21)6-4-11(5-7-19)27-17-14(10-24-27)18(28)26-16(25-17)13-3-2-12(13)15-22-8-1-9-23-15/h1,8-13H,2-7H2,(H,25,26,28)/t12-,13+/m0/s1. The molecule has 0 bridgehead atoms. The molecule has 2 atom stereocenters. The summed E-state index contributed by atoms with van der Waals surface area (Å²) in [6.07, 6.45) is 7.08. The summed E-state index contributed by atoms with van der Waals surface area (Å²) in [5.41, 5.74) is 0.237. The van der Waals surface area contributed by atoms with Crippen LogP contribution in [-0.4, -0.2) is 35.6 Å². The predicted molar refractivity (Wildman–Crippen MR) is 97.3 cm³/mol. The van der Waals surface area contributed by atoms with Gasteiger partial charge in [0.2, 0.25) is 5.92 Å². The Morgan fingerprint density at radius 1 is 1.07 bits per heavy atom. The van der Waals surface area contributed by atoms with Gasteiger partial charge in [-0.25, -0.2) is 28.4 Å². The van der Waals surface area contributed by atoms with Crippen molar-refractivity contribution in [1.29, 1.82) is 0 Å². The zero-order valence-electron chi connectivity index (χ0n) is 15.2. The van der Waals surface area contributed by atoms with E-state index in [1.54, 1.807) is 23.1 Å². The molecule has 146 valence electrons. The van der Waals surface area contributed by atoms with Crippen molar-refractivity contribution in [2.45, 2.75) is 62.3 Å². The van der Waals surface area contributed by atoms with E-state index in [1.165, 1.54) is 6.20 Å². The van der Waals surface area contributed by atoms with Crippen LogP contribution in [0.15, 0.2) is 29.5 Å². The van der Waals surface area contributed by atoms with E-state index in [9.17, 15) is 13.6 Å². The molecule has 0 unspecified atom stereocenters. The van der Waals surface area contributed by atoms with Crippen LogP contribution in [-0.2, 0) is 0 Å². The summed E-state index contributed by atoms with van der Waals surface area (Å²) in [5.74, 6) is -1.09.